The van der Waals surface area contributed by atoms with E-state index in [0.29, 0.717) is 11.7 Å². The second-order valence-electron chi connectivity index (χ2n) is 6.99. The van der Waals surface area contributed by atoms with Gasteiger partial charge < -0.3 is 14.4 Å². The molecule has 2 aromatic carbocycles. The molecule has 0 atom stereocenters. The maximum absolute atomic E-state index is 12.2. The molecule has 0 bridgehead atoms. The number of para-hydroxylation sites is 1. The van der Waals surface area contributed by atoms with Gasteiger partial charge in [-0.15, -0.1) is 11.3 Å². The van der Waals surface area contributed by atoms with Crippen LogP contribution in [0.4, 0.5) is 10.8 Å². The highest BCUT2D eigenvalue weighted by molar-refractivity contribution is 7.14. The SMILES string of the molecule is COc1ccc(CCN(C)Cc2csc(N(C(C)=O)c3ccccc3)n2)cc1OC. The number of carbonyl (C=O) groups is 1. The number of rotatable bonds is 9. The molecule has 0 spiro atoms. The van der Waals surface area contributed by atoms with Crippen molar-refractivity contribution >= 4 is 28.1 Å². The highest BCUT2D eigenvalue weighted by atomic mass is 32.1. The van der Waals surface area contributed by atoms with Gasteiger partial charge in [-0.3, -0.25) is 9.69 Å². The molecule has 0 N–H and O–H groups in total. The van der Waals surface area contributed by atoms with Crippen molar-refractivity contribution < 1.29 is 14.3 Å². The Morgan fingerprint density at radius 2 is 1.80 bits per heavy atom. The standard InChI is InChI=1S/C23H27N3O3S/c1-17(27)26(20-8-6-5-7-9-20)23-24-19(16-30-23)15-25(2)13-12-18-10-11-21(28-3)22(14-18)29-4/h5-11,14,16H,12-13,15H2,1-4H3. The average molecular weight is 426 g/mol. The van der Waals surface area contributed by atoms with Crippen LogP contribution in [0.25, 0.3) is 0 Å². The number of hydrogen-bond donors (Lipinski definition) is 0. The van der Waals surface area contributed by atoms with Crippen molar-refractivity contribution in [3.05, 3.63) is 65.2 Å². The summed E-state index contributed by atoms with van der Waals surface area (Å²) in [6, 6.07) is 15.6. The minimum absolute atomic E-state index is 0.0519. The van der Waals surface area contributed by atoms with Crippen LogP contribution < -0.4 is 14.4 Å². The van der Waals surface area contributed by atoms with Gasteiger partial charge in [-0.2, -0.15) is 0 Å². The fraction of sp³-hybridized carbons (Fsp3) is 0.304. The third kappa shape index (κ3) is 5.37. The van der Waals surface area contributed by atoms with Crippen LogP contribution in [0.2, 0.25) is 0 Å². The van der Waals surface area contributed by atoms with E-state index < -0.39 is 0 Å². The molecule has 3 aromatic rings. The minimum Gasteiger partial charge on any atom is -0.493 e. The van der Waals surface area contributed by atoms with Crippen LogP contribution in [0.5, 0.6) is 11.5 Å². The summed E-state index contributed by atoms with van der Waals surface area (Å²) in [4.78, 5) is 20.8. The summed E-state index contributed by atoms with van der Waals surface area (Å²) < 4.78 is 10.7. The van der Waals surface area contributed by atoms with Gasteiger partial charge in [0.05, 0.1) is 25.6 Å². The lowest BCUT2D eigenvalue weighted by molar-refractivity contribution is -0.115. The van der Waals surface area contributed by atoms with Crippen LogP contribution in [-0.2, 0) is 17.8 Å². The van der Waals surface area contributed by atoms with E-state index in [0.717, 1.165) is 35.8 Å². The predicted octanol–water partition coefficient (Wildman–Crippen LogP) is 4.52. The van der Waals surface area contributed by atoms with Gasteiger partial charge in [0.15, 0.2) is 16.6 Å². The number of methoxy groups -OCH3 is 2. The Morgan fingerprint density at radius 1 is 1.07 bits per heavy atom. The Morgan fingerprint density at radius 3 is 2.47 bits per heavy atom. The first-order valence-electron chi connectivity index (χ1n) is 9.71. The maximum atomic E-state index is 12.2. The van der Waals surface area contributed by atoms with Crippen molar-refractivity contribution in [2.24, 2.45) is 0 Å². The molecule has 30 heavy (non-hydrogen) atoms. The normalized spacial score (nSPS) is 10.8. The van der Waals surface area contributed by atoms with Crippen molar-refractivity contribution in [2.45, 2.75) is 19.9 Å². The Hall–Kier alpha value is -2.90. The van der Waals surface area contributed by atoms with E-state index >= 15 is 0 Å². The first kappa shape index (κ1) is 21.8. The van der Waals surface area contributed by atoms with E-state index in [1.165, 1.54) is 16.9 Å². The second-order valence-corrected chi connectivity index (χ2v) is 7.83. The number of nitrogens with zero attached hydrogens (tertiary/aromatic N) is 3. The predicted molar refractivity (Wildman–Crippen MR) is 121 cm³/mol. The molecule has 158 valence electrons. The van der Waals surface area contributed by atoms with Crippen LogP contribution >= 0.6 is 11.3 Å². The highest BCUT2D eigenvalue weighted by Crippen LogP contribution is 2.29. The largest absolute Gasteiger partial charge is 0.493 e. The molecule has 0 aliphatic heterocycles. The minimum atomic E-state index is -0.0519. The van der Waals surface area contributed by atoms with E-state index in [1.54, 1.807) is 26.0 Å². The van der Waals surface area contributed by atoms with E-state index in [-0.39, 0.29) is 5.91 Å². The smallest absolute Gasteiger partial charge is 0.230 e. The summed E-state index contributed by atoms with van der Waals surface area (Å²) >= 11 is 1.48. The number of likely N-dealkylation sites (N-methyl/N-ethyl adjacent to an activating group) is 1. The van der Waals surface area contributed by atoms with Crippen molar-refractivity contribution in [2.75, 3.05) is 32.7 Å². The number of hydrogen-bond acceptors (Lipinski definition) is 6. The molecule has 0 radical (unpaired) electrons. The van der Waals surface area contributed by atoms with E-state index in [1.807, 2.05) is 47.8 Å². The van der Waals surface area contributed by atoms with Gasteiger partial charge in [0.25, 0.3) is 0 Å². The van der Waals surface area contributed by atoms with E-state index in [4.69, 9.17) is 14.5 Å². The van der Waals surface area contributed by atoms with Crippen molar-refractivity contribution in [3.8, 4) is 11.5 Å². The van der Waals surface area contributed by atoms with Gasteiger partial charge in [-0.05, 0) is 43.3 Å². The van der Waals surface area contributed by atoms with Crippen molar-refractivity contribution in [3.63, 3.8) is 0 Å². The quantitative estimate of drug-likeness (QED) is 0.505. The summed E-state index contributed by atoms with van der Waals surface area (Å²) in [5.74, 6) is 1.42. The van der Waals surface area contributed by atoms with Crippen molar-refractivity contribution in [1.29, 1.82) is 0 Å². The number of ether oxygens (including phenoxy) is 2. The first-order valence-corrected chi connectivity index (χ1v) is 10.6. The molecule has 0 fully saturated rings. The van der Waals surface area contributed by atoms with Gasteiger partial charge in [-0.25, -0.2) is 4.98 Å². The Balaban J connectivity index is 1.62. The molecule has 7 heteroatoms. The lowest BCUT2D eigenvalue weighted by Gasteiger charge is -2.18. The molecule has 6 nitrogen and oxygen atoms in total. The molecule has 0 aliphatic rings. The zero-order valence-electron chi connectivity index (χ0n) is 17.8. The van der Waals surface area contributed by atoms with Gasteiger partial charge in [0, 0.05) is 25.4 Å². The molecule has 1 aromatic heterocycles. The van der Waals surface area contributed by atoms with Crippen LogP contribution in [0.1, 0.15) is 18.2 Å². The average Bonchev–Trinajstić information content (AvgIpc) is 3.20. The van der Waals surface area contributed by atoms with Gasteiger partial charge in [-0.1, -0.05) is 24.3 Å². The molecule has 1 heterocycles. The lowest BCUT2D eigenvalue weighted by Crippen LogP contribution is -2.23. The van der Waals surface area contributed by atoms with Gasteiger partial charge >= 0.3 is 0 Å². The summed E-state index contributed by atoms with van der Waals surface area (Å²) in [6.07, 6.45) is 0.886. The highest BCUT2D eigenvalue weighted by Gasteiger charge is 2.18. The monoisotopic (exact) mass is 425 g/mol. The zero-order valence-corrected chi connectivity index (χ0v) is 18.6. The Labute approximate surface area is 181 Å². The molecule has 0 saturated heterocycles. The van der Waals surface area contributed by atoms with Crippen LogP contribution in [-0.4, -0.2) is 43.6 Å². The summed E-state index contributed by atoms with van der Waals surface area (Å²) in [6.45, 7) is 3.14. The van der Waals surface area contributed by atoms with Crippen LogP contribution in [0, 0.1) is 0 Å². The number of aromatic nitrogens is 1. The maximum Gasteiger partial charge on any atom is 0.230 e. The number of benzene rings is 2. The van der Waals surface area contributed by atoms with Crippen LogP contribution in [0.3, 0.4) is 0 Å². The molecular formula is C23H27N3O3S. The summed E-state index contributed by atoms with van der Waals surface area (Å²) in [5, 5.41) is 2.71. The van der Waals surface area contributed by atoms with Gasteiger partial charge in [0.1, 0.15) is 0 Å². The second kappa shape index (κ2) is 10.2. The molecular weight excluding hydrogens is 398 g/mol. The van der Waals surface area contributed by atoms with Gasteiger partial charge in [0.2, 0.25) is 5.91 Å². The third-order valence-corrected chi connectivity index (χ3v) is 5.60. The summed E-state index contributed by atoms with van der Waals surface area (Å²) in [7, 11) is 5.35. The molecule has 1 amide bonds. The fourth-order valence-corrected chi connectivity index (χ4v) is 4.07. The number of thiazole rings is 1. The number of amides is 1. The van der Waals surface area contributed by atoms with E-state index in [2.05, 4.69) is 18.0 Å². The summed E-state index contributed by atoms with van der Waals surface area (Å²) in [5.41, 5.74) is 2.96. The third-order valence-electron chi connectivity index (χ3n) is 4.72. The number of anilines is 2. The molecule has 0 aliphatic carbocycles. The number of carbonyl (C=O) groups excluding carboxylic acids is 1. The first-order chi connectivity index (χ1) is 14.5. The molecule has 0 unspecified atom stereocenters. The Bertz CT molecular complexity index is 975. The fourth-order valence-electron chi connectivity index (χ4n) is 3.19. The lowest BCUT2D eigenvalue weighted by atomic mass is 10.1. The van der Waals surface area contributed by atoms with E-state index in [9.17, 15) is 4.79 Å². The Kier molecular flexibility index (Phi) is 7.43. The topological polar surface area (TPSA) is 54.9 Å². The van der Waals surface area contributed by atoms with Crippen LogP contribution in [0.15, 0.2) is 53.9 Å². The molecule has 0 saturated carbocycles. The zero-order chi connectivity index (χ0) is 21.5. The van der Waals surface area contributed by atoms with Crippen molar-refractivity contribution in [1.82, 2.24) is 9.88 Å². The molecule has 3 rings (SSSR count).